The van der Waals surface area contributed by atoms with Gasteiger partial charge in [0.2, 0.25) is 0 Å². The van der Waals surface area contributed by atoms with Gasteiger partial charge >= 0.3 is 0 Å². The largest absolute Gasteiger partial charge is 0.467 e. The van der Waals surface area contributed by atoms with Gasteiger partial charge in [-0.05, 0) is 67.7 Å². The van der Waals surface area contributed by atoms with Gasteiger partial charge < -0.3 is 24.7 Å². The molecule has 0 atom stereocenters. The fourth-order valence-corrected chi connectivity index (χ4v) is 3.48. The average Bonchev–Trinajstić information content (AvgIpc) is 3.17. The predicted molar refractivity (Wildman–Crippen MR) is 114 cm³/mol. The van der Waals surface area contributed by atoms with Gasteiger partial charge in [0.15, 0.2) is 5.11 Å². The summed E-state index contributed by atoms with van der Waals surface area (Å²) in [5.74, 6) is 0.777. The summed E-state index contributed by atoms with van der Waals surface area (Å²) in [4.78, 5) is 17.5. The third kappa shape index (κ3) is 4.79. The number of hydrogen-bond acceptors (Lipinski definition) is 4. The molecule has 1 aromatic carbocycles. The second-order valence-electron chi connectivity index (χ2n) is 6.91. The maximum Gasteiger partial charge on any atom is 0.253 e. The maximum absolute atomic E-state index is 12.6. The molecule has 0 radical (unpaired) electrons. The van der Waals surface area contributed by atoms with Crippen LogP contribution in [0.1, 0.15) is 28.9 Å². The van der Waals surface area contributed by atoms with Gasteiger partial charge in [0.25, 0.3) is 5.56 Å². The molecule has 28 heavy (non-hydrogen) atoms. The highest BCUT2D eigenvalue weighted by molar-refractivity contribution is 7.80. The molecule has 2 heterocycles. The number of thiocarbonyl (C=S) groups is 1. The van der Waals surface area contributed by atoms with E-state index in [4.69, 9.17) is 16.6 Å². The number of nitrogens with zero attached hydrogens (tertiary/aromatic N) is 1. The number of aliphatic hydroxyl groups excluding tert-OH is 1. The fourth-order valence-electron chi connectivity index (χ4n) is 3.26. The van der Waals surface area contributed by atoms with Crippen LogP contribution in [0.3, 0.4) is 0 Å². The molecule has 0 amide bonds. The number of pyridine rings is 1. The molecule has 3 N–H and O–H groups in total. The van der Waals surface area contributed by atoms with Crippen LogP contribution in [-0.2, 0) is 13.1 Å². The van der Waals surface area contributed by atoms with Crippen molar-refractivity contribution >= 4 is 28.2 Å². The van der Waals surface area contributed by atoms with Crippen LogP contribution in [0, 0.1) is 13.8 Å². The molecule has 0 saturated heterocycles. The minimum atomic E-state index is -0.123. The van der Waals surface area contributed by atoms with Gasteiger partial charge in [-0.1, -0.05) is 11.6 Å². The monoisotopic (exact) mass is 399 g/mol. The van der Waals surface area contributed by atoms with Crippen LogP contribution in [0.15, 0.2) is 45.8 Å². The molecule has 148 valence electrons. The second-order valence-corrected chi connectivity index (χ2v) is 7.29. The van der Waals surface area contributed by atoms with E-state index in [0.717, 1.165) is 27.8 Å². The Labute approximate surface area is 169 Å². The van der Waals surface area contributed by atoms with Crippen molar-refractivity contribution in [3.8, 4) is 0 Å². The topological polar surface area (TPSA) is 81.5 Å². The summed E-state index contributed by atoms with van der Waals surface area (Å²) >= 11 is 5.52. The summed E-state index contributed by atoms with van der Waals surface area (Å²) in [7, 11) is 0. The zero-order valence-corrected chi connectivity index (χ0v) is 16.9. The van der Waals surface area contributed by atoms with Crippen molar-refractivity contribution in [3.63, 3.8) is 0 Å². The zero-order valence-electron chi connectivity index (χ0n) is 16.1. The number of benzene rings is 1. The highest BCUT2D eigenvalue weighted by Gasteiger charge is 2.14. The SMILES string of the molecule is Cc1cc(C)c2[nH]c(=O)c(CN(CCCO)C(=S)NCc3ccco3)cc2c1. The number of fused-ring (bicyclic) bond motifs is 1. The first-order chi connectivity index (χ1) is 13.5. The van der Waals surface area contributed by atoms with Crippen LogP contribution in [0.25, 0.3) is 10.9 Å². The summed E-state index contributed by atoms with van der Waals surface area (Å²) in [6.07, 6.45) is 2.18. The Bertz CT molecular complexity index is 1010. The standard InChI is InChI=1S/C21H25N3O3S/c1-14-9-15(2)19-16(10-14)11-17(20(26)23-19)13-24(6-4-7-25)21(28)22-12-18-5-3-8-27-18/h3,5,8-11,25H,4,6-7,12-13H2,1-2H3,(H,22,28)(H,23,26). The molecule has 3 rings (SSSR count). The molecule has 0 saturated carbocycles. The van der Waals surface area contributed by atoms with E-state index in [1.165, 1.54) is 0 Å². The van der Waals surface area contributed by atoms with Crippen LogP contribution in [0.5, 0.6) is 0 Å². The second kappa shape index (κ2) is 9.03. The van der Waals surface area contributed by atoms with Gasteiger partial charge in [0, 0.05) is 18.7 Å². The molecule has 0 aliphatic carbocycles. The number of H-pyrrole nitrogens is 1. The number of rotatable bonds is 7. The molecule has 0 fully saturated rings. The summed E-state index contributed by atoms with van der Waals surface area (Å²) in [6, 6.07) is 9.73. The van der Waals surface area contributed by atoms with E-state index < -0.39 is 0 Å². The number of aliphatic hydroxyl groups is 1. The van der Waals surface area contributed by atoms with Crippen LogP contribution in [0.2, 0.25) is 0 Å². The Morgan fingerprint density at radius 2 is 2.14 bits per heavy atom. The third-order valence-corrected chi connectivity index (χ3v) is 5.00. The van der Waals surface area contributed by atoms with Crippen molar-refractivity contribution in [1.29, 1.82) is 0 Å². The molecule has 0 aliphatic heterocycles. The van der Waals surface area contributed by atoms with Gasteiger partial charge in [0.05, 0.1) is 24.9 Å². The van der Waals surface area contributed by atoms with E-state index >= 15 is 0 Å². The summed E-state index contributed by atoms with van der Waals surface area (Å²) in [5.41, 5.74) is 3.57. The Morgan fingerprint density at radius 3 is 2.86 bits per heavy atom. The quantitative estimate of drug-likeness (QED) is 0.530. The van der Waals surface area contributed by atoms with E-state index in [2.05, 4.69) is 22.4 Å². The van der Waals surface area contributed by atoms with Crippen molar-refractivity contribution in [2.24, 2.45) is 0 Å². The summed E-state index contributed by atoms with van der Waals surface area (Å²) in [6.45, 7) is 5.47. The summed E-state index contributed by atoms with van der Waals surface area (Å²) in [5, 5.41) is 13.9. The molecule has 6 nitrogen and oxygen atoms in total. The minimum absolute atomic E-state index is 0.0593. The Kier molecular flexibility index (Phi) is 6.49. The molecule has 0 spiro atoms. The molecule has 0 aliphatic rings. The number of aromatic nitrogens is 1. The number of hydrogen-bond donors (Lipinski definition) is 3. The first-order valence-electron chi connectivity index (χ1n) is 9.27. The molecular formula is C21H25N3O3S. The number of nitrogens with one attached hydrogen (secondary N) is 2. The van der Waals surface area contributed by atoms with Gasteiger partial charge in [-0.2, -0.15) is 0 Å². The summed E-state index contributed by atoms with van der Waals surface area (Å²) < 4.78 is 5.32. The van der Waals surface area contributed by atoms with Crippen molar-refractivity contribution in [1.82, 2.24) is 15.2 Å². The van der Waals surface area contributed by atoms with Gasteiger partial charge in [-0.3, -0.25) is 4.79 Å². The van der Waals surface area contributed by atoms with Crippen LogP contribution >= 0.6 is 12.2 Å². The van der Waals surface area contributed by atoms with Crippen molar-refractivity contribution < 1.29 is 9.52 Å². The Balaban J connectivity index is 1.82. The van der Waals surface area contributed by atoms with E-state index in [1.54, 1.807) is 6.26 Å². The molecule has 3 aromatic rings. The van der Waals surface area contributed by atoms with Crippen molar-refractivity contribution in [3.05, 3.63) is 69.4 Å². The van der Waals surface area contributed by atoms with Crippen molar-refractivity contribution in [2.45, 2.75) is 33.4 Å². The van der Waals surface area contributed by atoms with Crippen LogP contribution in [0.4, 0.5) is 0 Å². The van der Waals surface area contributed by atoms with E-state index in [9.17, 15) is 9.90 Å². The fraction of sp³-hybridized carbons (Fsp3) is 0.333. The van der Waals surface area contributed by atoms with E-state index in [-0.39, 0.29) is 12.2 Å². The first-order valence-corrected chi connectivity index (χ1v) is 9.68. The molecular weight excluding hydrogens is 374 g/mol. The lowest BCUT2D eigenvalue weighted by molar-refractivity contribution is 0.264. The van der Waals surface area contributed by atoms with Gasteiger partial charge in [-0.25, -0.2) is 0 Å². The van der Waals surface area contributed by atoms with Crippen molar-refractivity contribution in [2.75, 3.05) is 13.2 Å². The smallest absolute Gasteiger partial charge is 0.253 e. The molecule has 0 bridgehead atoms. The van der Waals surface area contributed by atoms with E-state index in [0.29, 0.717) is 36.7 Å². The molecule has 7 heteroatoms. The lowest BCUT2D eigenvalue weighted by Crippen LogP contribution is -2.40. The third-order valence-electron chi connectivity index (χ3n) is 4.60. The number of aryl methyl sites for hydroxylation is 2. The zero-order chi connectivity index (χ0) is 20.1. The van der Waals surface area contributed by atoms with E-state index in [1.807, 2.05) is 36.9 Å². The molecule has 2 aromatic heterocycles. The van der Waals surface area contributed by atoms with Crippen LogP contribution in [-0.4, -0.2) is 33.3 Å². The van der Waals surface area contributed by atoms with Gasteiger partial charge in [-0.15, -0.1) is 0 Å². The lowest BCUT2D eigenvalue weighted by Gasteiger charge is -2.25. The lowest BCUT2D eigenvalue weighted by atomic mass is 10.1. The maximum atomic E-state index is 12.6. The van der Waals surface area contributed by atoms with Crippen LogP contribution < -0.4 is 10.9 Å². The predicted octanol–water partition coefficient (Wildman–Crippen LogP) is 3.00. The molecule has 0 unspecified atom stereocenters. The Hall–Kier alpha value is -2.64. The average molecular weight is 400 g/mol. The first kappa shape index (κ1) is 20.1. The number of furan rings is 1. The highest BCUT2D eigenvalue weighted by Crippen LogP contribution is 2.18. The number of aromatic amines is 1. The van der Waals surface area contributed by atoms with Gasteiger partial charge in [0.1, 0.15) is 5.76 Å². The highest BCUT2D eigenvalue weighted by atomic mass is 32.1. The Morgan fingerprint density at radius 1 is 1.32 bits per heavy atom. The normalized spacial score (nSPS) is 11.0. The minimum Gasteiger partial charge on any atom is -0.467 e.